The van der Waals surface area contributed by atoms with Gasteiger partial charge in [0.15, 0.2) is 0 Å². The summed E-state index contributed by atoms with van der Waals surface area (Å²) < 4.78 is 0. The third-order valence-corrected chi connectivity index (χ3v) is 2.77. The van der Waals surface area contributed by atoms with E-state index in [1.54, 1.807) is 6.07 Å². The zero-order chi connectivity index (χ0) is 13.1. The summed E-state index contributed by atoms with van der Waals surface area (Å²) in [4.78, 5) is 12.0. The molecule has 0 spiro atoms. The lowest BCUT2D eigenvalue weighted by Crippen LogP contribution is -2.13. The molecule has 5 heteroatoms. The number of hydrogen-bond acceptors (Lipinski definition) is 3. The standard InChI is InChI=1S/C13H12N4O/c1-8-3-4-10(5-9(8)2)13(18)16-12-11(6-14)7-15-17-12/h3-5,7H,1-2H3,(H2,15,16,17,18). The minimum absolute atomic E-state index is 0.265. The summed E-state index contributed by atoms with van der Waals surface area (Å²) in [6.45, 7) is 3.93. The lowest BCUT2D eigenvalue weighted by Gasteiger charge is -2.05. The van der Waals surface area contributed by atoms with Crippen LogP contribution in [0.15, 0.2) is 24.4 Å². The monoisotopic (exact) mass is 240 g/mol. The van der Waals surface area contributed by atoms with E-state index in [1.807, 2.05) is 32.0 Å². The van der Waals surface area contributed by atoms with Crippen molar-refractivity contribution in [2.24, 2.45) is 0 Å². The first-order valence-electron chi connectivity index (χ1n) is 5.44. The van der Waals surface area contributed by atoms with Gasteiger partial charge >= 0.3 is 0 Å². The second-order valence-corrected chi connectivity index (χ2v) is 4.02. The van der Waals surface area contributed by atoms with Crippen LogP contribution in [0.4, 0.5) is 5.82 Å². The zero-order valence-corrected chi connectivity index (χ0v) is 10.1. The van der Waals surface area contributed by atoms with E-state index in [1.165, 1.54) is 6.20 Å². The predicted octanol–water partition coefficient (Wildman–Crippen LogP) is 2.15. The van der Waals surface area contributed by atoms with Gasteiger partial charge in [0.1, 0.15) is 17.5 Å². The maximum Gasteiger partial charge on any atom is 0.256 e. The van der Waals surface area contributed by atoms with Gasteiger partial charge in [-0.1, -0.05) is 6.07 Å². The topological polar surface area (TPSA) is 81.6 Å². The zero-order valence-electron chi connectivity index (χ0n) is 10.1. The molecule has 0 saturated carbocycles. The van der Waals surface area contributed by atoms with Crippen LogP contribution in [0.3, 0.4) is 0 Å². The largest absolute Gasteiger partial charge is 0.306 e. The first-order chi connectivity index (χ1) is 8.61. The molecule has 1 heterocycles. The maximum atomic E-state index is 12.0. The third kappa shape index (κ3) is 2.23. The first-order valence-corrected chi connectivity index (χ1v) is 5.44. The van der Waals surface area contributed by atoms with Crippen molar-refractivity contribution in [3.63, 3.8) is 0 Å². The van der Waals surface area contributed by atoms with Gasteiger partial charge in [0.2, 0.25) is 0 Å². The fourth-order valence-electron chi connectivity index (χ4n) is 1.53. The molecule has 18 heavy (non-hydrogen) atoms. The number of nitriles is 1. The minimum Gasteiger partial charge on any atom is -0.306 e. The number of amides is 1. The molecular formula is C13H12N4O. The SMILES string of the molecule is Cc1ccc(C(=O)Nc2[nH]ncc2C#N)cc1C. The van der Waals surface area contributed by atoms with Crippen LogP contribution in [0.25, 0.3) is 0 Å². The molecule has 2 N–H and O–H groups in total. The molecule has 90 valence electrons. The number of nitrogens with one attached hydrogen (secondary N) is 2. The highest BCUT2D eigenvalue weighted by Crippen LogP contribution is 2.13. The fraction of sp³-hybridized carbons (Fsp3) is 0.154. The van der Waals surface area contributed by atoms with Gasteiger partial charge in [0.05, 0.1) is 6.20 Å². The smallest absolute Gasteiger partial charge is 0.256 e. The van der Waals surface area contributed by atoms with E-state index in [9.17, 15) is 4.79 Å². The van der Waals surface area contributed by atoms with Crippen molar-refractivity contribution < 1.29 is 4.79 Å². The van der Waals surface area contributed by atoms with E-state index in [0.29, 0.717) is 16.9 Å². The van der Waals surface area contributed by atoms with E-state index in [-0.39, 0.29) is 5.91 Å². The molecule has 1 aromatic carbocycles. The van der Waals surface area contributed by atoms with E-state index in [2.05, 4.69) is 15.5 Å². The number of benzene rings is 1. The second kappa shape index (κ2) is 4.72. The van der Waals surface area contributed by atoms with E-state index in [0.717, 1.165) is 11.1 Å². The summed E-state index contributed by atoms with van der Waals surface area (Å²) in [5.74, 6) is 0.0552. The molecule has 0 radical (unpaired) electrons. The lowest BCUT2D eigenvalue weighted by molar-refractivity contribution is 0.102. The molecule has 0 aliphatic rings. The van der Waals surface area contributed by atoms with Crippen molar-refractivity contribution in [2.45, 2.75) is 13.8 Å². The van der Waals surface area contributed by atoms with Crippen LogP contribution < -0.4 is 5.32 Å². The van der Waals surface area contributed by atoms with Crippen LogP contribution in [0.2, 0.25) is 0 Å². The Morgan fingerprint density at radius 1 is 1.39 bits per heavy atom. The Labute approximate surface area is 104 Å². The maximum absolute atomic E-state index is 12.0. The number of anilines is 1. The van der Waals surface area contributed by atoms with Gasteiger partial charge in [0.25, 0.3) is 5.91 Å². The summed E-state index contributed by atoms with van der Waals surface area (Å²) >= 11 is 0. The number of aromatic nitrogens is 2. The number of carbonyl (C=O) groups is 1. The molecule has 0 aliphatic carbocycles. The lowest BCUT2D eigenvalue weighted by atomic mass is 10.1. The number of H-pyrrole nitrogens is 1. The third-order valence-electron chi connectivity index (χ3n) is 2.77. The minimum atomic E-state index is -0.265. The van der Waals surface area contributed by atoms with Crippen molar-refractivity contribution in [2.75, 3.05) is 5.32 Å². The Morgan fingerprint density at radius 3 is 2.83 bits per heavy atom. The number of aromatic amines is 1. The highest BCUT2D eigenvalue weighted by molar-refractivity contribution is 6.04. The van der Waals surface area contributed by atoms with E-state index in [4.69, 9.17) is 5.26 Å². The second-order valence-electron chi connectivity index (χ2n) is 4.02. The Kier molecular flexibility index (Phi) is 3.11. The van der Waals surface area contributed by atoms with Gasteiger partial charge in [-0.3, -0.25) is 9.89 Å². The summed E-state index contributed by atoms with van der Waals surface area (Å²) in [5, 5.41) is 17.7. The number of rotatable bonds is 2. The highest BCUT2D eigenvalue weighted by atomic mass is 16.1. The van der Waals surface area contributed by atoms with Crippen LogP contribution in [-0.4, -0.2) is 16.1 Å². The molecule has 1 amide bonds. The molecule has 2 rings (SSSR count). The van der Waals surface area contributed by atoms with Crippen molar-refractivity contribution in [1.82, 2.24) is 10.2 Å². The Bertz CT molecular complexity index is 637. The molecule has 0 bridgehead atoms. The quantitative estimate of drug-likeness (QED) is 0.843. The average Bonchev–Trinajstić information content (AvgIpc) is 2.79. The molecule has 5 nitrogen and oxygen atoms in total. The van der Waals surface area contributed by atoms with Gasteiger partial charge < -0.3 is 5.32 Å². The average molecular weight is 240 g/mol. The molecule has 0 saturated heterocycles. The summed E-state index contributed by atoms with van der Waals surface area (Å²) in [5.41, 5.74) is 3.04. The van der Waals surface area contributed by atoms with Gasteiger partial charge in [-0.25, -0.2) is 0 Å². The van der Waals surface area contributed by atoms with Crippen LogP contribution in [0.5, 0.6) is 0 Å². The molecule has 0 fully saturated rings. The van der Waals surface area contributed by atoms with Crippen LogP contribution in [0.1, 0.15) is 27.0 Å². The van der Waals surface area contributed by atoms with Crippen molar-refractivity contribution in [1.29, 1.82) is 5.26 Å². The fourth-order valence-corrected chi connectivity index (χ4v) is 1.53. The first kappa shape index (κ1) is 11.9. The van der Waals surface area contributed by atoms with Gasteiger partial charge in [-0.2, -0.15) is 10.4 Å². The molecule has 2 aromatic rings. The van der Waals surface area contributed by atoms with Crippen LogP contribution in [0, 0.1) is 25.2 Å². The van der Waals surface area contributed by atoms with Crippen LogP contribution in [-0.2, 0) is 0 Å². The van der Waals surface area contributed by atoms with E-state index >= 15 is 0 Å². The summed E-state index contributed by atoms with van der Waals surface area (Å²) in [7, 11) is 0. The molecule has 0 unspecified atom stereocenters. The highest BCUT2D eigenvalue weighted by Gasteiger charge is 2.11. The van der Waals surface area contributed by atoms with Crippen molar-refractivity contribution in [3.8, 4) is 6.07 Å². The van der Waals surface area contributed by atoms with Crippen LogP contribution >= 0.6 is 0 Å². The van der Waals surface area contributed by atoms with Gasteiger partial charge in [-0.15, -0.1) is 0 Å². The summed E-state index contributed by atoms with van der Waals surface area (Å²) in [6, 6.07) is 7.40. The molecule has 1 aromatic heterocycles. The Balaban J connectivity index is 2.23. The van der Waals surface area contributed by atoms with Gasteiger partial charge in [0, 0.05) is 5.56 Å². The predicted molar refractivity (Wildman–Crippen MR) is 67.2 cm³/mol. The Hall–Kier alpha value is -2.61. The van der Waals surface area contributed by atoms with Gasteiger partial charge in [-0.05, 0) is 37.1 Å². The van der Waals surface area contributed by atoms with E-state index < -0.39 is 0 Å². The number of carbonyl (C=O) groups excluding carboxylic acids is 1. The number of hydrogen-bond donors (Lipinski definition) is 2. The number of aryl methyl sites for hydroxylation is 2. The molecule has 0 atom stereocenters. The van der Waals surface area contributed by atoms with Crippen molar-refractivity contribution in [3.05, 3.63) is 46.6 Å². The van der Waals surface area contributed by atoms with Crippen molar-refractivity contribution >= 4 is 11.7 Å². The molecule has 0 aliphatic heterocycles. The number of nitrogens with zero attached hydrogens (tertiary/aromatic N) is 2. The summed E-state index contributed by atoms with van der Waals surface area (Å²) in [6.07, 6.45) is 1.37. The Morgan fingerprint density at radius 2 is 2.17 bits per heavy atom. The normalized spacial score (nSPS) is 9.83. The molecular weight excluding hydrogens is 228 g/mol.